The zero-order valence-electron chi connectivity index (χ0n) is 29.8. The fraction of sp³-hybridized carbons (Fsp3) is 0.234. The molecule has 0 saturated carbocycles. The van der Waals surface area contributed by atoms with E-state index in [0.717, 1.165) is 27.8 Å². The van der Waals surface area contributed by atoms with E-state index in [2.05, 4.69) is 18.2 Å². The molecule has 5 atom stereocenters. The zero-order chi connectivity index (χ0) is 36.1. The van der Waals surface area contributed by atoms with Crippen molar-refractivity contribution < 1.29 is 28.8 Å². The Balaban J connectivity index is 1.27. The molecule has 6 heteroatoms. The van der Waals surface area contributed by atoms with Gasteiger partial charge in [0.05, 0.1) is 33.0 Å². The molecule has 1 aliphatic heterocycles. The van der Waals surface area contributed by atoms with Gasteiger partial charge in [0.15, 0.2) is 0 Å². The number of ether oxygens (including phenoxy) is 5. The fourth-order valence-electron chi connectivity index (χ4n) is 6.82. The van der Waals surface area contributed by atoms with Gasteiger partial charge in [0, 0.05) is 5.56 Å². The van der Waals surface area contributed by atoms with E-state index in [1.165, 1.54) is 5.56 Å². The second-order valence-electron chi connectivity index (χ2n) is 13.5. The highest BCUT2D eigenvalue weighted by atomic mass is 16.7. The van der Waals surface area contributed by atoms with E-state index in [9.17, 15) is 5.11 Å². The molecule has 0 bridgehead atoms. The minimum Gasteiger partial charge on any atom is -0.374 e. The van der Waals surface area contributed by atoms with Crippen LogP contribution in [0.4, 0.5) is 0 Å². The third-order valence-corrected chi connectivity index (χ3v) is 9.53. The van der Waals surface area contributed by atoms with Crippen LogP contribution >= 0.6 is 0 Å². The molecule has 1 unspecified atom stereocenters. The molecule has 0 amide bonds. The third kappa shape index (κ3) is 9.75. The molecule has 6 aromatic carbocycles. The monoisotopic (exact) mass is 706 g/mol. The number of benzene rings is 6. The predicted octanol–water partition coefficient (Wildman–Crippen LogP) is 8.79. The second kappa shape index (κ2) is 18.2. The van der Waals surface area contributed by atoms with Gasteiger partial charge >= 0.3 is 0 Å². The summed E-state index contributed by atoms with van der Waals surface area (Å²) in [6.07, 6.45) is -2.43. The van der Waals surface area contributed by atoms with E-state index in [1.54, 1.807) is 0 Å². The van der Waals surface area contributed by atoms with Gasteiger partial charge in [0.1, 0.15) is 24.4 Å². The molecule has 0 radical (unpaired) electrons. The lowest BCUT2D eigenvalue weighted by Gasteiger charge is -2.50. The summed E-state index contributed by atoms with van der Waals surface area (Å²) in [6.45, 7) is 1.35. The highest BCUT2D eigenvalue weighted by Crippen LogP contribution is 2.42. The van der Waals surface area contributed by atoms with E-state index in [-0.39, 0.29) is 19.8 Å². The minimum absolute atomic E-state index is 0.150. The SMILES string of the molecule is OC1(c2cccc(Cc3ccccc3)c2)O[C@H](COCc2ccccc2)[C@@H](OCc2ccccc2)[C@H](OCc2ccccc2)[C@H]1OCc1ccccc1. The summed E-state index contributed by atoms with van der Waals surface area (Å²) in [6, 6.07) is 58.2. The number of aliphatic hydroxyl groups is 1. The second-order valence-corrected chi connectivity index (χ2v) is 13.5. The number of hydrogen-bond acceptors (Lipinski definition) is 6. The van der Waals surface area contributed by atoms with Gasteiger partial charge in [0.25, 0.3) is 0 Å². The van der Waals surface area contributed by atoms with Crippen LogP contribution in [-0.4, -0.2) is 36.1 Å². The summed E-state index contributed by atoms with van der Waals surface area (Å²) in [4.78, 5) is 0. The van der Waals surface area contributed by atoms with E-state index in [0.29, 0.717) is 25.2 Å². The smallest absolute Gasteiger partial charge is 0.222 e. The van der Waals surface area contributed by atoms with Crippen LogP contribution in [0.1, 0.15) is 38.9 Å². The van der Waals surface area contributed by atoms with Crippen LogP contribution in [0.5, 0.6) is 0 Å². The average molecular weight is 707 g/mol. The quantitative estimate of drug-likeness (QED) is 0.109. The molecular weight excluding hydrogens is 661 g/mol. The van der Waals surface area contributed by atoms with Crippen LogP contribution in [-0.2, 0) is 62.3 Å². The van der Waals surface area contributed by atoms with Crippen molar-refractivity contribution in [3.63, 3.8) is 0 Å². The molecule has 1 fully saturated rings. The Bertz CT molecular complexity index is 1940. The molecule has 1 heterocycles. The molecule has 0 aromatic heterocycles. The topological polar surface area (TPSA) is 66.4 Å². The zero-order valence-corrected chi connectivity index (χ0v) is 29.8. The van der Waals surface area contributed by atoms with Crippen LogP contribution in [0.15, 0.2) is 176 Å². The summed E-state index contributed by atoms with van der Waals surface area (Å²) in [5, 5.41) is 13.1. The van der Waals surface area contributed by atoms with Crippen LogP contribution in [0.3, 0.4) is 0 Å². The first kappa shape index (κ1) is 36.4. The van der Waals surface area contributed by atoms with Crippen molar-refractivity contribution in [2.45, 2.75) is 63.1 Å². The molecule has 7 rings (SSSR count). The van der Waals surface area contributed by atoms with Gasteiger partial charge in [-0.1, -0.05) is 170 Å². The molecule has 1 N–H and O–H groups in total. The number of rotatable bonds is 16. The molecule has 6 nitrogen and oxygen atoms in total. The van der Waals surface area contributed by atoms with Gasteiger partial charge in [0.2, 0.25) is 5.79 Å². The highest BCUT2D eigenvalue weighted by molar-refractivity contribution is 5.33. The van der Waals surface area contributed by atoms with Gasteiger partial charge in [-0.05, 0) is 45.9 Å². The maximum Gasteiger partial charge on any atom is 0.222 e. The van der Waals surface area contributed by atoms with Crippen LogP contribution in [0.2, 0.25) is 0 Å². The summed E-state index contributed by atoms with van der Waals surface area (Å²) in [7, 11) is 0. The van der Waals surface area contributed by atoms with Crippen molar-refractivity contribution in [3.05, 3.63) is 215 Å². The lowest BCUT2D eigenvalue weighted by atomic mass is 9.86. The van der Waals surface area contributed by atoms with Crippen molar-refractivity contribution in [1.29, 1.82) is 0 Å². The van der Waals surface area contributed by atoms with Crippen LogP contribution in [0, 0.1) is 0 Å². The van der Waals surface area contributed by atoms with Crippen molar-refractivity contribution >= 4 is 0 Å². The van der Waals surface area contributed by atoms with Crippen LogP contribution in [0.25, 0.3) is 0 Å². The van der Waals surface area contributed by atoms with Crippen molar-refractivity contribution in [2.75, 3.05) is 6.61 Å². The van der Waals surface area contributed by atoms with E-state index in [4.69, 9.17) is 23.7 Å². The van der Waals surface area contributed by atoms with Gasteiger partial charge in [-0.3, -0.25) is 0 Å². The van der Waals surface area contributed by atoms with Gasteiger partial charge in [-0.25, -0.2) is 0 Å². The van der Waals surface area contributed by atoms with Crippen molar-refractivity contribution in [1.82, 2.24) is 0 Å². The molecule has 0 aliphatic carbocycles. The average Bonchev–Trinajstić information content (AvgIpc) is 3.21. The Morgan fingerprint density at radius 3 is 1.42 bits per heavy atom. The van der Waals surface area contributed by atoms with Gasteiger partial charge in [-0.2, -0.15) is 0 Å². The molecule has 1 saturated heterocycles. The molecule has 1 aliphatic rings. The summed E-state index contributed by atoms with van der Waals surface area (Å²) in [5.74, 6) is -1.92. The standard InChI is InChI=1S/C47H46O6/c48-47(42-28-16-27-41(30-42)29-36-17-6-1-7-18-36)46(52-34-40-25-14-5-15-26-40)45(51-33-39-23-12-4-13-24-39)44(50-32-38-21-10-3-11-22-38)43(53-47)35-49-31-37-19-8-2-9-20-37/h1-28,30,43-46,48H,29,31-35H2/t43-,44-,45+,46-,47?/m1/s1. The molecule has 0 spiro atoms. The van der Waals surface area contributed by atoms with Gasteiger partial charge < -0.3 is 28.8 Å². The van der Waals surface area contributed by atoms with Crippen molar-refractivity contribution in [3.8, 4) is 0 Å². The first-order chi connectivity index (χ1) is 26.1. The molecular formula is C47H46O6. The maximum atomic E-state index is 13.1. The molecule has 6 aromatic rings. The van der Waals surface area contributed by atoms with E-state index < -0.39 is 30.2 Å². The first-order valence-corrected chi connectivity index (χ1v) is 18.3. The Morgan fingerprint density at radius 2 is 0.887 bits per heavy atom. The Hall–Kier alpha value is -4.92. The molecule has 270 valence electrons. The first-order valence-electron chi connectivity index (χ1n) is 18.3. The third-order valence-electron chi connectivity index (χ3n) is 9.53. The summed E-state index contributed by atoms with van der Waals surface area (Å²) >= 11 is 0. The van der Waals surface area contributed by atoms with Crippen molar-refractivity contribution in [2.24, 2.45) is 0 Å². The number of hydrogen-bond donors (Lipinski definition) is 1. The fourth-order valence-corrected chi connectivity index (χ4v) is 6.82. The van der Waals surface area contributed by atoms with E-state index >= 15 is 0 Å². The summed E-state index contributed by atoms with van der Waals surface area (Å²) < 4.78 is 33.6. The maximum absolute atomic E-state index is 13.1. The Morgan fingerprint density at radius 1 is 0.453 bits per heavy atom. The van der Waals surface area contributed by atoms with E-state index in [1.807, 2.05) is 158 Å². The molecule has 53 heavy (non-hydrogen) atoms. The predicted molar refractivity (Wildman–Crippen MR) is 206 cm³/mol. The largest absolute Gasteiger partial charge is 0.374 e. The highest BCUT2D eigenvalue weighted by Gasteiger charge is 2.57. The lowest BCUT2D eigenvalue weighted by Crippen LogP contribution is -2.65. The lowest BCUT2D eigenvalue weighted by molar-refractivity contribution is -0.378. The Labute approximate surface area is 312 Å². The van der Waals surface area contributed by atoms with Crippen LogP contribution < -0.4 is 0 Å². The summed E-state index contributed by atoms with van der Waals surface area (Å²) in [5.41, 5.74) is 6.78. The Kier molecular flexibility index (Phi) is 12.5. The minimum atomic E-state index is -1.92. The van der Waals surface area contributed by atoms with Gasteiger partial charge in [-0.15, -0.1) is 0 Å². The normalized spacial score (nSPS) is 21.3.